The number of nitro groups is 1. The van der Waals surface area contributed by atoms with Gasteiger partial charge in [0.1, 0.15) is 12.7 Å². The van der Waals surface area contributed by atoms with Gasteiger partial charge in [-0.15, -0.1) is 0 Å². The van der Waals surface area contributed by atoms with Crippen molar-refractivity contribution in [3.8, 4) is 11.4 Å². The summed E-state index contributed by atoms with van der Waals surface area (Å²) < 4.78 is 6.44. The summed E-state index contributed by atoms with van der Waals surface area (Å²) in [5.74, 6) is -0.400. The number of nitro benzene ring substituents is 1. The molecule has 9 heteroatoms. The fraction of sp³-hybridized carbons (Fsp3) is 0.0625. The van der Waals surface area contributed by atoms with Gasteiger partial charge in [0.05, 0.1) is 23.4 Å². The summed E-state index contributed by atoms with van der Waals surface area (Å²) >= 11 is 0. The monoisotopic (exact) mass is 339 g/mol. The Morgan fingerprint density at radius 2 is 2.08 bits per heavy atom. The lowest BCUT2D eigenvalue weighted by Gasteiger charge is -2.11. The molecule has 0 fully saturated rings. The number of anilines is 1. The molecule has 1 heterocycles. The standard InChI is InChI=1S/C16H13N5O4/c1-25-15-7-6-11(8-14(15)21(23)24)16(22)19-12-4-2-3-5-13(12)20-10-17-9-18-20/h2-10H,1H3,(H,19,22). The van der Waals surface area contributed by atoms with E-state index in [0.717, 1.165) is 0 Å². The summed E-state index contributed by atoms with van der Waals surface area (Å²) in [4.78, 5) is 26.9. The zero-order valence-corrected chi connectivity index (χ0v) is 13.1. The second-order valence-corrected chi connectivity index (χ2v) is 4.96. The molecular formula is C16H13N5O4. The number of nitrogens with zero attached hydrogens (tertiary/aromatic N) is 4. The number of aromatic nitrogens is 3. The Kier molecular flexibility index (Phi) is 4.38. The average Bonchev–Trinajstić information content (AvgIpc) is 3.16. The topological polar surface area (TPSA) is 112 Å². The van der Waals surface area contributed by atoms with E-state index in [1.165, 1.54) is 42.6 Å². The van der Waals surface area contributed by atoms with Crippen LogP contribution >= 0.6 is 0 Å². The van der Waals surface area contributed by atoms with Crippen LogP contribution in [0.1, 0.15) is 10.4 Å². The van der Waals surface area contributed by atoms with Crippen molar-refractivity contribution in [2.75, 3.05) is 12.4 Å². The van der Waals surface area contributed by atoms with E-state index in [4.69, 9.17) is 4.74 Å². The third-order valence-corrected chi connectivity index (χ3v) is 3.46. The average molecular weight is 339 g/mol. The minimum atomic E-state index is -0.598. The van der Waals surface area contributed by atoms with E-state index in [9.17, 15) is 14.9 Å². The van der Waals surface area contributed by atoms with E-state index < -0.39 is 10.8 Å². The van der Waals surface area contributed by atoms with Crippen LogP contribution in [0.25, 0.3) is 5.69 Å². The maximum Gasteiger partial charge on any atom is 0.311 e. The largest absolute Gasteiger partial charge is 0.490 e. The van der Waals surface area contributed by atoms with E-state index in [2.05, 4.69) is 15.4 Å². The molecular weight excluding hydrogens is 326 g/mol. The third-order valence-electron chi connectivity index (χ3n) is 3.46. The maximum absolute atomic E-state index is 12.5. The highest BCUT2D eigenvalue weighted by Gasteiger charge is 2.19. The minimum Gasteiger partial charge on any atom is -0.490 e. The molecule has 126 valence electrons. The van der Waals surface area contributed by atoms with Gasteiger partial charge in [-0.05, 0) is 24.3 Å². The first-order chi connectivity index (χ1) is 12.1. The highest BCUT2D eigenvalue weighted by molar-refractivity contribution is 6.05. The minimum absolute atomic E-state index is 0.0876. The molecule has 3 rings (SSSR count). The molecule has 0 saturated carbocycles. The quantitative estimate of drug-likeness (QED) is 0.564. The highest BCUT2D eigenvalue weighted by Crippen LogP contribution is 2.28. The third kappa shape index (κ3) is 3.29. The smallest absolute Gasteiger partial charge is 0.311 e. The van der Waals surface area contributed by atoms with E-state index in [-0.39, 0.29) is 17.0 Å². The number of carbonyl (C=O) groups excluding carboxylic acids is 1. The Bertz CT molecular complexity index is 924. The Balaban J connectivity index is 1.91. The van der Waals surface area contributed by atoms with Crippen LogP contribution in [0, 0.1) is 10.1 Å². The van der Waals surface area contributed by atoms with Gasteiger partial charge in [0.2, 0.25) is 0 Å². The SMILES string of the molecule is COc1ccc(C(=O)Nc2ccccc2-n2cncn2)cc1[N+](=O)[O-]. The van der Waals surface area contributed by atoms with Gasteiger partial charge in [-0.2, -0.15) is 5.10 Å². The number of ether oxygens (including phenoxy) is 1. The molecule has 3 aromatic rings. The lowest BCUT2D eigenvalue weighted by atomic mass is 10.1. The number of hydrogen-bond donors (Lipinski definition) is 1. The summed E-state index contributed by atoms with van der Waals surface area (Å²) in [6, 6.07) is 11.0. The number of hydrogen-bond acceptors (Lipinski definition) is 6. The fourth-order valence-electron chi connectivity index (χ4n) is 2.28. The molecule has 0 radical (unpaired) electrons. The summed E-state index contributed by atoms with van der Waals surface area (Å²) in [6.07, 6.45) is 2.88. The Labute approximate surface area is 142 Å². The lowest BCUT2D eigenvalue weighted by Crippen LogP contribution is -2.14. The van der Waals surface area contributed by atoms with Crippen LogP contribution in [-0.4, -0.2) is 32.7 Å². The molecule has 0 aliphatic carbocycles. The number of nitrogens with one attached hydrogen (secondary N) is 1. The zero-order valence-electron chi connectivity index (χ0n) is 13.1. The summed E-state index contributed by atoms with van der Waals surface area (Å²) in [7, 11) is 1.33. The second-order valence-electron chi connectivity index (χ2n) is 4.96. The number of rotatable bonds is 5. The summed E-state index contributed by atoms with van der Waals surface area (Å²) in [6.45, 7) is 0. The highest BCUT2D eigenvalue weighted by atomic mass is 16.6. The van der Waals surface area contributed by atoms with Crippen molar-refractivity contribution >= 4 is 17.3 Å². The van der Waals surface area contributed by atoms with Crippen molar-refractivity contribution in [3.63, 3.8) is 0 Å². The van der Waals surface area contributed by atoms with Gasteiger partial charge in [0, 0.05) is 11.6 Å². The van der Waals surface area contributed by atoms with Crippen molar-refractivity contribution in [1.82, 2.24) is 14.8 Å². The molecule has 0 unspecified atom stereocenters. The molecule has 1 amide bonds. The molecule has 1 aromatic heterocycles. The van der Waals surface area contributed by atoms with E-state index in [0.29, 0.717) is 11.4 Å². The van der Waals surface area contributed by atoms with Crippen LogP contribution in [0.15, 0.2) is 55.1 Å². The van der Waals surface area contributed by atoms with E-state index >= 15 is 0 Å². The molecule has 0 spiro atoms. The molecule has 1 N–H and O–H groups in total. The molecule has 0 atom stereocenters. The molecule has 9 nitrogen and oxygen atoms in total. The van der Waals surface area contributed by atoms with Crippen molar-refractivity contribution in [1.29, 1.82) is 0 Å². The van der Waals surface area contributed by atoms with Gasteiger partial charge in [-0.3, -0.25) is 14.9 Å². The van der Waals surface area contributed by atoms with Crippen molar-refractivity contribution in [2.24, 2.45) is 0 Å². The van der Waals surface area contributed by atoms with Crippen molar-refractivity contribution < 1.29 is 14.5 Å². The predicted octanol–water partition coefficient (Wildman–Crippen LogP) is 2.44. The normalized spacial score (nSPS) is 10.3. The van der Waals surface area contributed by atoms with Crippen LogP contribution in [0.5, 0.6) is 5.75 Å². The van der Waals surface area contributed by atoms with Gasteiger partial charge in [0.25, 0.3) is 5.91 Å². The Morgan fingerprint density at radius 1 is 1.28 bits per heavy atom. The van der Waals surface area contributed by atoms with Gasteiger partial charge >= 0.3 is 5.69 Å². The van der Waals surface area contributed by atoms with E-state index in [1.54, 1.807) is 24.3 Å². The van der Waals surface area contributed by atoms with Gasteiger partial charge < -0.3 is 10.1 Å². The molecule has 0 saturated heterocycles. The molecule has 0 aliphatic rings. The van der Waals surface area contributed by atoms with Crippen LogP contribution < -0.4 is 10.1 Å². The summed E-state index contributed by atoms with van der Waals surface area (Å²) in [5.41, 5.74) is 0.980. The molecule has 25 heavy (non-hydrogen) atoms. The predicted molar refractivity (Wildman–Crippen MR) is 89.0 cm³/mol. The van der Waals surface area contributed by atoms with Gasteiger partial charge in [0.15, 0.2) is 5.75 Å². The summed E-state index contributed by atoms with van der Waals surface area (Å²) in [5, 5.41) is 17.9. The first-order valence-electron chi connectivity index (χ1n) is 7.18. The fourth-order valence-corrected chi connectivity index (χ4v) is 2.28. The van der Waals surface area contributed by atoms with Crippen LogP contribution in [0.3, 0.4) is 0 Å². The maximum atomic E-state index is 12.5. The number of para-hydroxylation sites is 2. The van der Waals surface area contributed by atoms with Gasteiger partial charge in [-0.25, -0.2) is 9.67 Å². The number of carbonyl (C=O) groups is 1. The van der Waals surface area contributed by atoms with Crippen LogP contribution in [0.2, 0.25) is 0 Å². The van der Waals surface area contributed by atoms with Crippen LogP contribution in [-0.2, 0) is 0 Å². The molecule has 0 aliphatic heterocycles. The van der Waals surface area contributed by atoms with Gasteiger partial charge in [-0.1, -0.05) is 12.1 Å². The first kappa shape index (κ1) is 16.1. The van der Waals surface area contributed by atoms with Crippen LogP contribution in [0.4, 0.5) is 11.4 Å². The first-order valence-corrected chi connectivity index (χ1v) is 7.18. The molecule has 2 aromatic carbocycles. The second kappa shape index (κ2) is 6.79. The number of methoxy groups -OCH3 is 1. The number of amides is 1. The van der Waals surface area contributed by atoms with E-state index in [1.807, 2.05) is 0 Å². The zero-order chi connectivity index (χ0) is 17.8. The Hall–Kier alpha value is -3.75. The van der Waals surface area contributed by atoms with Crippen molar-refractivity contribution in [3.05, 3.63) is 70.8 Å². The lowest BCUT2D eigenvalue weighted by molar-refractivity contribution is -0.385. The Morgan fingerprint density at radius 3 is 2.76 bits per heavy atom. The van der Waals surface area contributed by atoms with Crippen molar-refractivity contribution in [2.45, 2.75) is 0 Å². The number of benzene rings is 2. The molecule has 0 bridgehead atoms.